The summed E-state index contributed by atoms with van der Waals surface area (Å²) in [5.74, 6) is 0. The lowest BCUT2D eigenvalue weighted by Crippen LogP contribution is -2.42. The molecule has 0 N–H and O–H groups in total. The van der Waals surface area contributed by atoms with E-state index < -0.39 is 18.9 Å². The summed E-state index contributed by atoms with van der Waals surface area (Å²) in [6.45, 7) is 7.09. The van der Waals surface area contributed by atoms with Crippen LogP contribution in [0.4, 0.5) is 0 Å². The first-order valence-corrected chi connectivity index (χ1v) is 9.03. The molecule has 0 saturated heterocycles. The quantitative estimate of drug-likeness (QED) is 0.596. The molecule has 0 spiro atoms. The van der Waals surface area contributed by atoms with Crippen LogP contribution in [0.2, 0.25) is 0 Å². The molecule has 8 heteroatoms. The molecule has 0 aliphatic rings. The number of rotatable bonds is 6. The van der Waals surface area contributed by atoms with Crippen LogP contribution in [0.3, 0.4) is 0 Å². The van der Waals surface area contributed by atoms with Crippen LogP contribution in [0.1, 0.15) is 33.7 Å². The van der Waals surface area contributed by atoms with E-state index in [1.54, 1.807) is 38.1 Å². The van der Waals surface area contributed by atoms with Crippen molar-refractivity contribution in [1.82, 2.24) is 8.90 Å². The summed E-state index contributed by atoms with van der Waals surface area (Å²) < 4.78 is 25.8. The minimum atomic E-state index is -3.94. The van der Waals surface area contributed by atoms with Crippen LogP contribution in [0.5, 0.6) is 0 Å². The molecule has 0 saturated carbocycles. The third kappa shape index (κ3) is 3.04. The minimum Gasteiger partial charge on any atom is -0.300 e. The molecule has 1 aromatic carbocycles. The second-order valence-corrected chi connectivity index (χ2v) is 7.03. The molecule has 0 aliphatic carbocycles. The van der Waals surface area contributed by atoms with Crippen LogP contribution >= 0.6 is 7.75 Å². The zero-order chi connectivity index (χ0) is 17.2. The summed E-state index contributed by atoms with van der Waals surface area (Å²) in [7, 11) is -3.94. The van der Waals surface area contributed by atoms with E-state index in [4.69, 9.17) is 9.05 Å². The molecule has 0 aliphatic heterocycles. The molecule has 0 amide bonds. The fourth-order valence-corrected chi connectivity index (χ4v) is 4.19. The average Bonchev–Trinajstić information content (AvgIpc) is 2.48. The maximum absolute atomic E-state index is 13.1. The van der Waals surface area contributed by atoms with Gasteiger partial charge in [-0.15, -0.1) is 0 Å². The second-order valence-electron chi connectivity index (χ2n) is 5.18. The predicted octanol–water partition coefficient (Wildman–Crippen LogP) is 2.77. The molecule has 2 aromatic rings. The monoisotopic (exact) mass is 342 g/mol. The molecule has 2 rings (SSSR count). The maximum Gasteiger partial charge on any atom is 0.442 e. The Morgan fingerprint density at radius 2 is 1.52 bits per heavy atom. The van der Waals surface area contributed by atoms with E-state index in [0.29, 0.717) is 11.0 Å². The molecule has 0 unspecified atom stereocenters. The summed E-state index contributed by atoms with van der Waals surface area (Å²) in [6.07, 6.45) is 0. The number of para-hydroxylation sites is 2. The third-order valence-electron chi connectivity index (χ3n) is 3.31. The third-order valence-corrected chi connectivity index (χ3v) is 5.37. The molecular formula is C15H21N2O5P. The normalized spacial score (nSPS) is 12.2. The van der Waals surface area contributed by atoms with Crippen LogP contribution in [-0.4, -0.2) is 22.1 Å². The highest BCUT2D eigenvalue weighted by Crippen LogP contribution is 2.49. The van der Waals surface area contributed by atoms with Gasteiger partial charge in [-0.05, 0) is 39.8 Å². The second kappa shape index (κ2) is 6.83. The van der Waals surface area contributed by atoms with Gasteiger partial charge in [0.15, 0.2) is 0 Å². The standard InChI is InChI=1S/C15H21N2O5P/c1-5-21-23(20,22-6-2)17-13-10-8-7-9-12(13)16(11(3)4)14(18)15(17)19/h7-11H,5-6H2,1-4H3/i14+1,15+1. The molecule has 1 heterocycles. The SMILES string of the molecule is CCOP(=O)(OCC)n1c2ccccc2n(C(C)C)[13c](=O)[13c]1=O. The topological polar surface area (TPSA) is 79.5 Å². The molecule has 0 bridgehead atoms. The van der Waals surface area contributed by atoms with Crippen molar-refractivity contribution in [2.24, 2.45) is 0 Å². The van der Waals surface area contributed by atoms with E-state index >= 15 is 0 Å². The van der Waals surface area contributed by atoms with E-state index in [9.17, 15) is 14.2 Å². The summed E-state index contributed by atoms with van der Waals surface area (Å²) in [5.41, 5.74) is -0.816. The number of benzene rings is 1. The van der Waals surface area contributed by atoms with Gasteiger partial charge in [-0.2, -0.15) is 0 Å². The van der Waals surface area contributed by atoms with Crippen molar-refractivity contribution in [2.75, 3.05) is 13.2 Å². The van der Waals surface area contributed by atoms with Gasteiger partial charge in [0.05, 0.1) is 24.2 Å². The van der Waals surface area contributed by atoms with Gasteiger partial charge in [-0.3, -0.25) is 23.2 Å². The van der Waals surface area contributed by atoms with Crippen LogP contribution in [0.15, 0.2) is 33.9 Å². The first-order valence-electron chi connectivity index (χ1n) is 7.53. The van der Waals surface area contributed by atoms with Gasteiger partial charge in [0.1, 0.15) is 0 Å². The largest absolute Gasteiger partial charge is 0.442 e. The fraction of sp³-hybridized carbons (Fsp3) is 0.467. The van der Waals surface area contributed by atoms with Gasteiger partial charge in [0, 0.05) is 6.04 Å². The van der Waals surface area contributed by atoms with Gasteiger partial charge >= 0.3 is 18.9 Å². The van der Waals surface area contributed by atoms with Crippen LogP contribution < -0.4 is 11.1 Å². The van der Waals surface area contributed by atoms with E-state index in [0.717, 1.165) is 4.34 Å². The van der Waals surface area contributed by atoms with Gasteiger partial charge in [-0.25, -0.2) is 8.90 Å². The van der Waals surface area contributed by atoms with Crippen molar-refractivity contribution in [3.8, 4) is 0 Å². The van der Waals surface area contributed by atoms with E-state index in [1.807, 2.05) is 13.8 Å². The van der Waals surface area contributed by atoms with Crippen molar-refractivity contribution >= 4 is 18.8 Å². The summed E-state index contributed by atoms with van der Waals surface area (Å²) in [5, 5.41) is 0. The van der Waals surface area contributed by atoms with E-state index in [-0.39, 0.29) is 19.3 Å². The van der Waals surface area contributed by atoms with E-state index in [1.165, 1.54) is 4.57 Å². The Labute approximate surface area is 134 Å². The van der Waals surface area contributed by atoms with Crippen LogP contribution in [-0.2, 0) is 13.6 Å². The number of hydrogen-bond acceptors (Lipinski definition) is 5. The summed E-state index contributed by atoms with van der Waals surface area (Å²) >= 11 is 0. The molecule has 0 atom stereocenters. The summed E-state index contributed by atoms with van der Waals surface area (Å²) in [4.78, 5) is 25.1. The van der Waals surface area contributed by atoms with Crippen LogP contribution in [0.25, 0.3) is 11.0 Å². The Morgan fingerprint density at radius 3 is 2.00 bits per heavy atom. The molecule has 0 fully saturated rings. The average molecular weight is 342 g/mol. The van der Waals surface area contributed by atoms with Crippen molar-refractivity contribution in [3.63, 3.8) is 0 Å². The number of aromatic nitrogens is 2. The molecule has 1 aromatic heterocycles. The molecular weight excluding hydrogens is 321 g/mol. The number of nitrogens with zero attached hydrogens (tertiary/aromatic N) is 2. The van der Waals surface area contributed by atoms with Gasteiger partial charge in [0.2, 0.25) is 0 Å². The first kappa shape index (κ1) is 17.7. The van der Waals surface area contributed by atoms with Crippen molar-refractivity contribution < 1.29 is 13.6 Å². The molecule has 126 valence electrons. The van der Waals surface area contributed by atoms with Gasteiger partial charge < -0.3 is 0 Å². The summed E-state index contributed by atoms with van der Waals surface area (Å²) in [6, 6.07) is 6.57. The van der Waals surface area contributed by atoms with Gasteiger partial charge in [0.25, 0.3) is 0 Å². The molecule has 7 nitrogen and oxygen atoms in total. The van der Waals surface area contributed by atoms with E-state index in [2.05, 4.69) is 0 Å². The Balaban J connectivity index is 2.99. The smallest absolute Gasteiger partial charge is 0.300 e. The predicted molar refractivity (Wildman–Crippen MR) is 89.1 cm³/mol. The zero-order valence-electron chi connectivity index (χ0n) is 13.7. The van der Waals surface area contributed by atoms with Crippen LogP contribution in [0, 0.1) is 0 Å². The van der Waals surface area contributed by atoms with Crippen molar-refractivity contribution in [3.05, 3.63) is 45.0 Å². The molecule has 23 heavy (non-hydrogen) atoms. The number of hydrogen-bond donors (Lipinski definition) is 0. The lowest BCUT2D eigenvalue weighted by atomic mass is 10.3. The zero-order valence-corrected chi connectivity index (χ0v) is 14.6. The minimum absolute atomic E-state index is 0.0886. The first-order chi connectivity index (χ1) is 10.9. The Hall–Kier alpha value is -1.69. The Kier molecular flexibility index (Phi) is 5.24. The van der Waals surface area contributed by atoms with Crippen molar-refractivity contribution in [2.45, 2.75) is 33.7 Å². The highest BCUT2D eigenvalue weighted by atomic mass is 31.2. The maximum atomic E-state index is 13.1. The van der Waals surface area contributed by atoms with Crippen molar-refractivity contribution in [1.29, 1.82) is 0 Å². The fourth-order valence-electron chi connectivity index (χ4n) is 2.49. The number of fused-ring (bicyclic) bond motifs is 1. The highest BCUT2D eigenvalue weighted by Gasteiger charge is 2.32. The molecule has 0 radical (unpaired) electrons. The lowest BCUT2D eigenvalue weighted by Gasteiger charge is -2.22. The lowest BCUT2D eigenvalue weighted by molar-refractivity contribution is 0.212. The van der Waals surface area contributed by atoms with Gasteiger partial charge in [-0.1, -0.05) is 12.1 Å². The highest BCUT2D eigenvalue weighted by molar-refractivity contribution is 7.52. The Morgan fingerprint density at radius 1 is 1.00 bits per heavy atom. The Bertz CT molecular complexity index is 858.